The molecule has 0 bridgehead atoms. The summed E-state index contributed by atoms with van der Waals surface area (Å²) in [6.45, 7) is 6.14. The number of allylic oxidation sites excluding steroid dienone is 26. The maximum absolute atomic E-state index is 12.7. The fourth-order valence-electron chi connectivity index (χ4n) is 5.56. The van der Waals surface area contributed by atoms with Crippen molar-refractivity contribution in [2.75, 3.05) is 13.2 Å². The van der Waals surface area contributed by atoms with Crippen LogP contribution in [-0.2, 0) is 28.6 Å². The van der Waals surface area contributed by atoms with Crippen LogP contribution < -0.4 is 0 Å². The minimum atomic E-state index is -0.859. The molecule has 0 N–H and O–H groups in total. The highest BCUT2D eigenvalue weighted by Gasteiger charge is 2.19. The van der Waals surface area contributed by atoms with Crippen molar-refractivity contribution in [1.29, 1.82) is 0 Å². The molecule has 0 heterocycles. The molecule has 0 saturated carbocycles. The van der Waals surface area contributed by atoms with E-state index in [-0.39, 0.29) is 38.0 Å². The lowest BCUT2D eigenvalue weighted by Crippen LogP contribution is -2.30. The summed E-state index contributed by atoms with van der Waals surface area (Å²) in [6.07, 6.45) is 71.0. The number of ether oxygens (including phenoxy) is 3. The van der Waals surface area contributed by atoms with E-state index in [0.29, 0.717) is 25.7 Å². The molecule has 0 aliphatic rings. The van der Waals surface area contributed by atoms with Gasteiger partial charge in [0.2, 0.25) is 0 Å². The second kappa shape index (κ2) is 48.7. The zero-order chi connectivity index (χ0) is 45.1. The van der Waals surface area contributed by atoms with Gasteiger partial charge in [-0.05, 0) is 70.6 Å². The van der Waals surface area contributed by atoms with E-state index in [9.17, 15) is 14.4 Å². The van der Waals surface area contributed by atoms with Crippen molar-refractivity contribution in [3.05, 3.63) is 158 Å². The van der Waals surface area contributed by atoms with Gasteiger partial charge in [-0.2, -0.15) is 0 Å². The number of unbranched alkanes of at least 4 members (excludes halogenated alkanes) is 12. The van der Waals surface area contributed by atoms with E-state index in [2.05, 4.69) is 69.4 Å². The van der Waals surface area contributed by atoms with Crippen LogP contribution in [0.5, 0.6) is 0 Å². The molecule has 0 aromatic carbocycles. The normalized spacial score (nSPS) is 13.5. The van der Waals surface area contributed by atoms with Gasteiger partial charge >= 0.3 is 17.9 Å². The molecule has 6 nitrogen and oxygen atoms in total. The van der Waals surface area contributed by atoms with E-state index in [1.807, 2.05) is 109 Å². The van der Waals surface area contributed by atoms with E-state index < -0.39 is 12.1 Å². The predicted molar refractivity (Wildman–Crippen MR) is 265 cm³/mol. The number of hydrogen-bond donors (Lipinski definition) is 0. The van der Waals surface area contributed by atoms with E-state index in [1.165, 1.54) is 32.1 Å². The number of hydrogen-bond acceptors (Lipinski definition) is 6. The summed E-state index contributed by atoms with van der Waals surface area (Å²) >= 11 is 0. The van der Waals surface area contributed by atoms with Crippen LogP contribution >= 0.6 is 0 Å². The first-order valence-corrected chi connectivity index (χ1v) is 23.7. The van der Waals surface area contributed by atoms with E-state index in [0.717, 1.165) is 64.2 Å². The van der Waals surface area contributed by atoms with Gasteiger partial charge in [-0.15, -0.1) is 0 Å². The molecule has 0 aromatic rings. The summed E-state index contributed by atoms with van der Waals surface area (Å²) in [5.41, 5.74) is 0. The van der Waals surface area contributed by atoms with Crippen molar-refractivity contribution in [2.24, 2.45) is 0 Å². The highest BCUT2D eigenvalue weighted by Crippen LogP contribution is 2.11. The summed E-state index contributed by atoms with van der Waals surface area (Å²) in [7, 11) is 0. The van der Waals surface area contributed by atoms with Gasteiger partial charge < -0.3 is 14.2 Å². The molecule has 0 aliphatic heterocycles. The number of carbonyl (C=O) groups excluding carboxylic acids is 3. The smallest absolute Gasteiger partial charge is 0.306 e. The Morgan fingerprint density at radius 3 is 1.05 bits per heavy atom. The van der Waals surface area contributed by atoms with Crippen molar-refractivity contribution >= 4 is 17.9 Å². The Balaban J connectivity index is 4.65. The van der Waals surface area contributed by atoms with Crippen molar-refractivity contribution in [3.63, 3.8) is 0 Å². The first-order valence-electron chi connectivity index (χ1n) is 23.7. The minimum absolute atomic E-state index is 0.148. The summed E-state index contributed by atoms with van der Waals surface area (Å²) in [4.78, 5) is 37.8. The van der Waals surface area contributed by atoms with Crippen LogP contribution in [0.1, 0.15) is 156 Å². The van der Waals surface area contributed by atoms with E-state index in [1.54, 1.807) is 0 Å². The number of carbonyl (C=O) groups is 3. The minimum Gasteiger partial charge on any atom is -0.462 e. The lowest BCUT2D eigenvalue weighted by molar-refractivity contribution is -0.167. The number of rotatable bonds is 39. The fourth-order valence-corrected chi connectivity index (χ4v) is 5.56. The molecule has 0 fully saturated rings. The fraction of sp³-hybridized carbons (Fsp3) is 0.482. The zero-order valence-electron chi connectivity index (χ0n) is 38.8. The van der Waals surface area contributed by atoms with Crippen molar-refractivity contribution in [1.82, 2.24) is 0 Å². The first-order chi connectivity index (χ1) is 30.5. The Bertz CT molecular complexity index is 1490. The van der Waals surface area contributed by atoms with Gasteiger partial charge in [-0.25, -0.2) is 0 Å². The number of esters is 3. The molecule has 62 heavy (non-hydrogen) atoms. The van der Waals surface area contributed by atoms with Gasteiger partial charge in [0.1, 0.15) is 13.2 Å². The van der Waals surface area contributed by atoms with Crippen LogP contribution in [0.25, 0.3) is 0 Å². The SMILES string of the molecule is CC/C=C/C=C/C=C/C=C/C=C/CCCC(=O)OCC(COC(=O)CCCCCCC/C=C/C=C/C=C/CCCCCCC)OC(=O)CCC/C=C/C=C/C=C/C=C/C=C/CC. The van der Waals surface area contributed by atoms with Gasteiger partial charge in [0.25, 0.3) is 0 Å². The second-order valence-corrected chi connectivity index (χ2v) is 14.9. The van der Waals surface area contributed by atoms with Gasteiger partial charge in [-0.3, -0.25) is 14.4 Å². The summed E-state index contributed by atoms with van der Waals surface area (Å²) in [5, 5.41) is 0. The Morgan fingerprint density at radius 1 is 0.339 bits per heavy atom. The second-order valence-electron chi connectivity index (χ2n) is 14.9. The molecule has 0 amide bonds. The largest absolute Gasteiger partial charge is 0.462 e. The Labute approximate surface area is 378 Å². The lowest BCUT2D eigenvalue weighted by Gasteiger charge is -2.18. The van der Waals surface area contributed by atoms with Gasteiger partial charge in [0.05, 0.1) is 0 Å². The molecule has 1 atom stereocenters. The van der Waals surface area contributed by atoms with Gasteiger partial charge in [0, 0.05) is 19.3 Å². The third-order valence-corrected chi connectivity index (χ3v) is 9.06. The Hall–Kier alpha value is -4.97. The monoisotopic (exact) mass is 851 g/mol. The molecule has 1 unspecified atom stereocenters. The summed E-state index contributed by atoms with van der Waals surface area (Å²) in [5.74, 6) is -1.14. The predicted octanol–water partition coefficient (Wildman–Crippen LogP) is 15.5. The van der Waals surface area contributed by atoms with Crippen LogP contribution in [0.4, 0.5) is 0 Å². The Kier molecular flexibility index (Phi) is 44.8. The molecule has 342 valence electrons. The standard InChI is InChI=1S/C56H82O6/c1-4-7-10-13-16-19-22-25-26-27-28-29-32-34-37-40-43-46-49-55(58)61-52-53(62-56(59)50-47-44-41-38-35-31-24-21-18-15-12-9-6-3)51-60-54(57)48-45-42-39-36-33-30-23-20-17-14-11-8-5-2/h8-9,11-12,14-15,17-18,20-31,33,35-36,38-39,41,53H,4-7,10,13,16,19,32,34,37,40,42-52H2,1-3H3/b11-8+,12-9+,17-14+,18-15+,23-20+,24-21+,25-22+,27-26+,29-28+,33-30+,35-31+,39-36+,41-38+. The van der Waals surface area contributed by atoms with Crippen LogP contribution in [-0.4, -0.2) is 37.2 Å². The van der Waals surface area contributed by atoms with Crippen LogP contribution in [0.2, 0.25) is 0 Å². The topological polar surface area (TPSA) is 78.9 Å². The van der Waals surface area contributed by atoms with Crippen LogP contribution in [0.15, 0.2) is 158 Å². The third-order valence-electron chi connectivity index (χ3n) is 9.06. The molecule has 0 aromatic heterocycles. The molecule has 0 radical (unpaired) electrons. The maximum atomic E-state index is 12.7. The molecule has 0 rings (SSSR count). The maximum Gasteiger partial charge on any atom is 0.306 e. The lowest BCUT2D eigenvalue weighted by atomic mass is 10.1. The van der Waals surface area contributed by atoms with E-state index >= 15 is 0 Å². The van der Waals surface area contributed by atoms with E-state index in [4.69, 9.17) is 14.2 Å². The Morgan fingerprint density at radius 2 is 0.645 bits per heavy atom. The molecule has 6 heteroatoms. The summed E-state index contributed by atoms with van der Waals surface area (Å²) < 4.78 is 16.6. The van der Waals surface area contributed by atoms with Crippen LogP contribution in [0, 0.1) is 0 Å². The van der Waals surface area contributed by atoms with Crippen LogP contribution in [0.3, 0.4) is 0 Å². The average molecular weight is 851 g/mol. The first kappa shape index (κ1) is 57.0. The van der Waals surface area contributed by atoms with Gasteiger partial charge in [0.15, 0.2) is 6.10 Å². The molecule has 0 aliphatic carbocycles. The van der Waals surface area contributed by atoms with Crippen molar-refractivity contribution < 1.29 is 28.6 Å². The zero-order valence-corrected chi connectivity index (χ0v) is 38.8. The highest BCUT2D eigenvalue weighted by atomic mass is 16.6. The molecular weight excluding hydrogens is 769 g/mol. The van der Waals surface area contributed by atoms with Crippen molar-refractivity contribution in [2.45, 2.75) is 162 Å². The van der Waals surface area contributed by atoms with Gasteiger partial charge in [-0.1, -0.05) is 224 Å². The molecular formula is C56H82O6. The quantitative estimate of drug-likeness (QED) is 0.0265. The molecule has 0 saturated heterocycles. The third kappa shape index (κ3) is 46.1. The summed E-state index contributed by atoms with van der Waals surface area (Å²) in [6, 6.07) is 0. The van der Waals surface area contributed by atoms with Crippen molar-refractivity contribution in [3.8, 4) is 0 Å². The average Bonchev–Trinajstić information content (AvgIpc) is 3.27. The highest BCUT2D eigenvalue weighted by molar-refractivity contribution is 5.71. The molecule has 0 spiro atoms.